The summed E-state index contributed by atoms with van der Waals surface area (Å²) in [7, 11) is 0. The summed E-state index contributed by atoms with van der Waals surface area (Å²) in [4.78, 5) is 0. The number of aromatic nitrogens is 2. The van der Waals surface area contributed by atoms with Crippen LogP contribution in [0.4, 0.5) is 0 Å². The maximum atomic E-state index is 8.98. The molecule has 3 aromatic carbocycles. The molecular weight excluding hydrogens is 414 g/mol. The summed E-state index contributed by atoms with van der Waals surface area (Å²) in [5, 5.41) is 8.98. The summed E-state index contributed by atoms with van der Waals surface area (Å²) < 4.78 is 15.1. The fraction of sp³-hybridized carbons (Fsp3) is 0.296. The van der Waals surface area contributed by atoms with E-state index in [-0.39, 0.29) is 0 Å². The second kappa shape index (κ2) is 10.9. The van der Waals surface area contributed by atoms with Crippen LogP contribution in [0.2, 0.25) is 0 Å². The summed E-state index contributed by atoms with van der Waals surface area (Å²) in [5.41, 5.74) is 6.77. The van der Waals surface area contributed by atoms with Gasteiger partial charge in [0, 0.05) is 5.56 Å². The molecule has 0 saturated heterocycles. The smallest absolute Gasteiger partial charge is 0.148 e. The van der Waals surface area contributed by atoms with Gasteiger partial charge in [0.15, 0.2) is 0 Å². The van der Waals surface area contributed by atoms with Crippen molar-refractivity contribution in [1.29, 1.82) is 5.26 Å². The van der Waals surface area contributed by atoms with E-state index in [4.69, 9.17) is 10.00 Å². The van der Waals surface area contributed by atoms with Gasteiger partial charge >= 0.3 is 0 Å². The van der Waals surface area contributed by atoms with Gasteiger partial charge in [0.25, 0.3) is 0 Å². The number of fused-ring (bicyclic) bond motifs is 1. The highest BCUT2D eigenvalue weighted by Crippen LogP contribution is 2.34. The monoisotopic (exact) mass is 441 g/mol. The molecule has 0 fully saturated rings. The lowest BCUT2D eigenvalue weighted by atomic mass is 9.99. The molecule has 4 rings (SSSR count). The van der Waals surface area contributed by atoms with Crippen LogP contribution in [0.15, 0.2) is 60.7 Å². The Morgan fingerprint density at radius 1 is 0.750 bits per heavy atom. The summed E-state index contributed by atoms with van der Waals surface area (Å²) in [6.07, 6.45) is 7.47. The molecule has 0 saturated carbocycles. The first kappa shape index (κ1) is 22.0. The maximum Gasteiger partial charge on any atom is 0.148 e. The largest absolute Gasteiger partial charge is 0.491 e. The number of benzene rings is 3. The Morgan fingerprint density at radius 2 is 1.38 bits per heavy atom. The van der Waals surface area contributed by atoms with Crippen molar-refractivity contribution in [3.8, 4) is 34.1 Å². The van der Waals surface area contributed by atoms with Crippen molar-refractivity contribution >= 4 is 22.8 Å². The highest BCUT2D eigenvalue weighted by atomic mass is 32.1. The highest BCUT2D eigenvalue weighted by Gasteiger charge is 2.13. The zero-order valence-corrected chi connectivity index (χ0v) is 19.2. The van der Waals surface area contributed by atoms with E-state index in [2.05, 4.69) is 52.1 Å². The zero-order valence-electron chi connectivity index (χ0n) is 18.4. The number of nitrogens with zero attached hydrogens (tertiary/aromatic N) is 3. The van der Waals surface area contributed by atoms with Crippen LogP contribution in [0.1, 0.15) is 51.0 Å². The molecule has 1 aromatic heterocycles. The molecule has 0 bridgehead atoms. The molecule has 1 heterocycles. The minimum atomic E-state index is 0.669. The van der Waals surface area contributed by atoms with Crippen LogP contribution < -0.4 is 4.74 Å². The molecule has 0 aliphatic heterocycles. The van der Waals surface area contributed by atoms with Crippen LogP contribution in [0, 0.1) is 11.3 Å². The molecule has 0 aliphatic rings. The third-order valence-electron chi connectivity index (χ3n) is 5.68. The van der Waals surface area contributed by atoms with E-state index < -0.39 is 0 Å². The van der Waals surface area contributed by atoms with E-state index in [1.165, 1.54) is 43.8 Å². The van der Waals surface area contributed by atoms with Gasteiger partial charge in [-0.05, 0) is 47.4 Å². The van der Waals surface area contributed by atoms with Gasteiger partial charge < -0.3 is 4.74 Å². The summed E-state index contributed by atoms with van der Waals surface area (Å²) >= 11 is 1.23. The lowest BCUT2D eigenvalue weighted by Gasteiger charge is -2.10. The van der Waals surface area contributed by atoms with Crippen molar-refractivity contribution < 1.29 is 4.74 Å². The normalized spacial score (nSPS) is 10.9. The summed E-state index contributed by atoms with van der Waals surface area (Å²) in [5.74, 6) is 0.820. The molecule has 0 aliphatic carbocycles. The van der Waals surface area contributed by atoms with E-state index >= 15 is 0 Å². The fourth-order valence-electron chi connectivity index (χ4n) is 3.84. The lowest BCUT2D eigenvalue weighted by molar-refractivity contribution is 0.307. The van der Waals surface area contributed by atoms with Crippen molar-refractivity contribution in [2.75, 3.05) is 6.61 Å². The molecule has 162 valence electrons. The average Bonchev–Trinajstić information content (AvgIpc) is 3.34. The molecule has 4 nitrogen and oxygen atoms in total. The standard InChI is InChI=1S/C27H27N3OS/c1-2-3-4-5-6-7-18-31-25-17-16-24(26-27(25)30-32-29-26)23-14-12-22(13-15-23)21-10-8-20(19-28)9-11-21/h8-17H,2-7,18H2,1H3. The zero-order chi connectivity index (χ0) is 22.2. The molecule has 0 radical (unpaired) electrons. The average molecular weight is 442 g/mol. The van der Waals surface area contributed by atoms with Gasteiger partial charge in [-0.3, -0.25) is 0 Å². The molecule has 0 spiro atoms. The van der Waals surface area contributed by atoms with Crippen LogP contribution in [0.5, 0.6) is 5.75 Å². The number of hydrogen-bond donors (Lipinski definition) is 0. The van der Waals surface area contributed by atoms with Crippen LogP contribution in [0.3, 0.4) is 0 Å². The number of unbranched alkanes of at least 4 members (excludes halogenated alkanes) is 5. The number of hydrogen-bond acceptors (Lipinski definition) is 5. The Morgan fingerprint density at radius 3 is 2.09 bits per heavy atom. The van der Waals surface area contributed by atoms with Crippen LogP contribution in [-0.4, -0.2) is 15.4 Å². The maximum absolute atomic E-state index is 8.98. The van der Waals surface area contributed by atoms with Gasteiger partial charge in [-0.2, -0.15) is 14.0 Å². The fourth-order valence-corrected chi connectivity index (χ4v) is 4.40. The highest BCUT2D eigenvalue weighted by molar-refractivity contribution is 7.00. The van der Waals surface area contributed by atoms with Gasteiger partial charge in [-0.1, -0.05) is 75.4 Å². The van der Waals surface area contributed by atoms with Gasteiger partial charge in [-0.15, -0.1) is 0 Å². The first-order valence-corrected chi connectivity index (χ1v) is 12.0. The van der Waals surface area contributed by atoms with Crippen LogP contribution in [0.25, 0.3) is 33.3 Å². The first-order chi connectivity index (χ1) is 15.8. The molecule has 5 heteroatoms. The number of nitriles is 1. The number of ether oxygens (including phenoxy) is 1. The molecule has 4 aromatic rings. The Balaban J connectivity index is 1.46. The molecule has 32 heavy (non-hydrogen) atoms. The Kier molecular flexibility index (Phi) is 7.47. The third-order valence-corrected chi connectivity index (χ3v) is 6.21. The van der Waals surface area contributed by atoms with Crippen molar-refractivity contribution in [2.45, 2.75) is 45.4 Å². The Bertz CT molecular complexity index is 1190. The SMILES string of the molecule is CCCCCCCCOc1ccc(-c2ccc(-c3ccc(C#N)cc3)cc2)c2nsnc12. The van der Waals surface area contributed by atoms with Crippen LogP contribution >= 0.6 is 11.7 Å². The van der Waals surface area contributed by atoms with Crippen molar-refractivity contribution in [3.63, 3.8) is 0 Å². The summed E-state index contributed by atoms with van der Waals surface area (Å²) in [6.45, 7) is 2.96. The van der Waals surface area contributed by atoms with Gasteiger partial charge in [0.1, 0.15) is 16.8 Å². The molecule has 0 N–H and O–H groups in total. The van der Waals surface area contributed by atoms with E-state index in [9.17, 15) is 0 Å². The van der Waals surface area contributed by atoms with Crippen molar-refractivity contribution in [2.24, 2.45) is 0 Å². The number of rotatable bonds is 10. The van der Waals surface area contributed by atoms with Crippen molar-refractivity contribution in [1.82, 2.24) is 8.75 Å². The molecule has 0 atom stereocenters. The Hall–Kier alpha value is -3.23. The van der Waals surface area contributed by atoms with Gasteiger partial charge in [0.2, 0.25) is 0 Å². The lowest BCUT2D eigenvalue weighted by Crippen LogP contribution is -1.98. The van der Waals surface area contributed by atoms with Crippen molar-refractivity contribution in [3.05, 3.63) is 66.2 Å². The second-order valence-electron chi connectivity index (χ2n) is 7.96. The molecule has 0 amide bonds. The minimum absolute atomic E-state index is 0.669. The summed E-state index contributed by atoms with van der Waals surface area (Å²) in [6, 6.07) is 22.3. The quantitative estimate of drug-likeness (QED) is 0.237. The minimum Gasteiger partial charge on any atom is -0.491 e. The van der Waals surface area contributed by atoms with E-state index in [0.29, 0.717) is 5.56 Å². The van der Waals surface area contributed by atoms with E-state index in [1.54, 1.807) is 0 Å². The topological polar surface area (TPSA) is 58.8 Å². The first-order valence-electron chi connectivity index (χ1n) is 11.3. The molecular formula is C27H27N3OS. The Labute approximate surface area is 193 Å². The second-order valence-corrected chi connectivity index (χ2v) is 8.48. The third kappa shape index (κ3) is 5.15. The van der Waals surface area contributed by atoms with Crippen LogP contribution in [-0.2, 0) is 0 Å². The van der Waals surface area contributed by atoms with E-state index in [0.717, 1.165) is 52.1 Å². The van der Waals surface area contributed by atoms with Gasteiger partial charge in [0.05, 0.1) is 30.0 Å². The predicted molar refractivity (Wildman–Crippen MR) is 132 cm³/mol. The predicted octanol–water partition coefficient (Wildman–Crippen LogP) is 7.64. The van der Waals surface area contributed by atoms with E-state index in [1.807, 2.05) is 30.3 Å². The van der Waals surface area contributed by atoms with Gasteiger partial charge in [-0.25, -0.2) is 0 Å². The molecule has 0 unspecified atom stereocenters.